The first kappa shape index (κ1) is 26.3. The summed E-state index contributed by atoms with van der Waals surface area (Å²) in [4.78, 5) is 27.6. The largest absolute Gasteiger partial charge is 0.350 e. The van der Waals surface area contributed by atoms with Crippen molar-refractivity contribution in [2.24, 2.45) is 0 Å². The van der Waals surface area contributed by atoms with Gasteiger partial charge in [-0.2, -0.15) is 0 Å². The van der Waals surface area contributed by atoms with E-state index in [4.69, 9.17) is 0 Å². The Labute approximate surface area is 195 Å². The average Bonchev–Trinajstić information content (AvgIpc) is 2.68. The number of benzene rings is 2. The number of para-hydroxylation sites is 1. The Morgan fingerprint density at radius 1 is 1.09 bits per heavy atom. The van der Waals surface area contributed by atoms with Gasteiger partial charge in [0.25, 0.3) is 0 Å². The molecule has 0 saturated carbocycles. The molecular weight excluding hydrogens is 445 g/mol. The van der Waals surface area contributed by atoms with Crippen LogP contribution >= 0.6 is 0 Å². The van der Waals surface area contributed by atoms with Crippen LogP contribution < -0.4 is 9.62 Å². The number of amides is 2. The lowest BCUT2D eigenvalue weighted by Crippen LogP contribution is -2.54. The highest BCUT2D eigenvalue weighted by Crippen LogP contribution is 2.22. The summed E-state index contributed by atoms with van der Waals surface area (Å²) in [7, 11) is -3.98. The summed E-state index contributed by atoms with van der Waals surface area (Å²) in [6.07, 6.45) is 0.910. The molecule has 9 heteroatoms. The monoisotopic (exact) mass is 477 g/mol. The van der Waals surface area contributed by atoms with Crippen LogP contribution in [0.1, 0.15) is 38.8 Å². The fourth-order valence-corrected chi connectivity index (χ4v) is 4.16. The number of hydrogen-bond donors (Lipinski definition) is 1. The van der Waals surface area contributed by atoms with E-state index in [-0.39, 0.29) is 18.1 Å². The topological polar surface area (TPSA) is 86.8 Å². The normalized spacial score (nSPS) is 12.7. The van der Waals surface area contributed by atoms with Crippen LogP contribution in [-0.2, 0) is 26.2 Å². The van der Waals surface area contributed by atoms with E-state index in [1.165, 1.54) is 23.1 Å². The molecule has 2 aromatic rings. The highest BCUT2D eigenvalue weighted by molar-refractivity contribution is 7.92. The summed E-state index contributed by atoms with van der Waals surface area (Å²) in [5, 5.41) is 2.85. The molecule has 0 heterocycles. The second-order valence-corrected chi connectivity index (χ2v) is 11.1. The Hall–Kier alpha value is -2.94. The lowest BCUT2D eigenvalue weighted by Gasteiger charge is -2.33. The maximum absolute atomic E-state index is 14.4. The van der Waals surface area contributed by atoms with Crippen LogP contribution in [0.2, 0.25) is 0 Å². The van der Waals surface area contributed by atoms with Gasteiger partial charge in [-0.3, -0.25) is 13.9 Å². The summed E-state index contributed by atoms with van der Waals surface area (Å²) >= 11 is 0. The van der Waals surface area contributed by atoms with Gasteiger partial charge in [0.2, 0.25) is 21.8 Å². The van der Waals surface area contributed by atoms with Crippen LogP contribution in [0.3, 0.4) is 0 Å². The SMILES string of the molecule is Cc1cccc(CN(C(=O)CN(c2ccccc2F)S(C)(=O)=O)[C@@H](C)C(=O)NC(C)(C)C)c1. The fourth-order valence-electron chi connectivity index (χ4n) is 3.31. The van der Waals surface area contributed by atoms with E-state index < -0.39 is 39.9 Å². The van der Waals surface area contributed by atoms with E-state index >= 15 is 0 Å². The molecular formula is C24H32FN3O4S. The minimum Gasteiger partial charge on any atom is -0.350 e. The lowest BCUT2D eigenvalue weighted by molar-refractivity contribution is -0.140. The van der Waals surface area contributed by atoms with Crippen LogP contribution in [0.4, 0.5) is 10.1 Å². The third-order valence-corrected chi connectivity index (χ3v) is 6.03. The number of halogens is 1. The van der Waals surface area contributed by atoms with E-state index in [0.717, 1.165) is 27.8 Å². The zero-order chi connectivity index (χ0) is 25.0. The van der Waals surface area contributed by atoms with Crippen molar-refractivity contribution < 1.29 is 22.4 Å². The van der Waals surface area contributed by atoms with Gasteiger partial charge in [-0.1, -0.05) is 42.0 Å². The summed E-state index contributed by atoms with van der Waals surface area (Å²) in [5.74, 6) is -1.76. The third-order valence-electron chi connectivity index (χ3n) is 4.90. The zero-order valence-corrected chi connectivity index (χ0v) is 20.7. The van der Waals surface area contributed by atoms with Crippen molar-refractivity contribution >= 4 is 27.5 Å². The second-order valence-electron chi connectivity index (χ2n) is 9.15. The molecule has 33 heavy (non-hydrogen) atoms. The van der Waals surface area contributed by atoms with Crippen LogP contribution in [0.25, 0.3) is 0 Å². The molecule has 2 rings (SSSR count). The fraction of sp³-hybridized carbons (Fsp3) is 0.417. The summed E-state index contributed by atoms with van der Waals surface area (Å²) < 4.78 is 40.0. The predicted molar refractivity (Wildman–Crippen MR) is 128 cm³/mol. The second kappa shape index (κ2) is 10.3. The number of nitrogens with one attached hydrogen (secondary N) is 1. The number of rotatable bonds is 8. The first-order valence-corrected chi connectivity index (χ1v) is 12.4. The zero-order valence-electron chi connectivity index (χ0n) is 19.9. The summed E-state index contributed by atoms with van der Waals surface area (Å²) in [5.41, 5.74) is 1.03. The first-order chi connectivity index (χ1) is 15.2. The molecule has 2 amide bonds. The van der Waals surface area contributed by atoms with E-state index in [0.29, 0.717) is 0 Å². The van der Waals surface area contributed by atoms with Crippen molar-refractivity contribution in [2.45, 2.75) is 52.7 Å². The van der Waals surface area contributed by atoms with Crippen LogP contribution in [0, 0.1) is 12.7 Å². The average molecular weight is 478 g/mol. The predicted octanol–water partition coefficient (Wildman–Crippen LogP) is 3.23. The molecule has 0 aliphatic carbocycles. The Morgan fingerprint density at radius 3 is 2.27 bits per heavy atom. The molecule has 0 saturated heterocycles. The molecule has 1 N–H and O–H groups in total. The van der Waals surface area contributed by atoms with E-state index in [1.54, 1.807) is 6.92 Å². The van der Waals surface area contributed by atoms with Gasteiger partial charge in [-0.15, -0.1) is 0 Å². The van der Waals surface area contributed by atoms with Gasteiger partial charge in [0, 0.05) is 12.1 Å². The molecule has 0 fully saturated rings. The van der Waals surface area contributed by atoms with Gasteiger partial charge in [0.05, 0.1) is 11.9 Å². The molecule has 0 aromatic heterocycles. The Balaban J connectivity index is 2.42. The van der Waals surface area contributed by atoms with Gasteiger partial charge in [-0.25, -0.2) is 12.8 Å². The van der Waals surface area contributed by atoms with Crippen molar-refractivity contribution in [2.75, 3.05) is 17.1 Å². The number of carbonyl (C=O) groups excluding carboxylic acids is 2. The minimum atomic E-state index is -3.98. The third kappa shape index (κ3) is 7.56. The van der Waals surface area contributed by atoms with E-state index in [1.807, 2.05) is 52.0 Å². The Bertz CT molecular complexity index is 1110. The molecule has 2 aromatic carbocycles. The highest BCUT2D eigenvalue weighted by Gasteiger charge is 2.32. The van der Waals surface area contributed by atoms with Crippen LogP contribution in [0.15, 0.2) is 48.5 Å². The minimum absolute atomic E-state index is 0.0914. The number of nitrogens with zero attached hydrogens (tertiary/aromatic N) is 2. The van der Waals surface area contributed by atoms with Gasteiger partial charge < -0.3 is 10.2 Å². The maximum Gasteiger partial charge on any atom is 0.244 e. The van der Waals surface area contributed by atoms with Crippen molar-refractivity contribution in [1.29, 1.82) is 0 Å². The number of carbonyl (C=O) groups is 2. The molecule has 0 bridgehead atoms. The molecule has 180 valence electrons. The smallest absolute Gasteiger partial charge is 0.244 e. The van der Waals surface area contributed by atoms with Crippen molar-refractivity contribution in [1.82, 2.24) is 10.2 Å². The quantitative estimate of drug-likeness (QED) is 0.633. The number of aryl methyl sites for hydroxylation is 1. The molecule has 0 aliphatic rings. The molecule has 7 nitrogen and oxygen atoms in total. The van der Waals surface area contributed by atoms with Gasteiger partial charge in [0.1, 0.15) is 18.4 Å². The van der Waals surface area contributed by atoms with Gasteiger partial charge in [0.15, 0.2) is 0 Å². The molecule has 0 aliphatic heterocycles. The van der Waals surface area contributed by atoms with Gasteiger partial charge >= 0.3 is 0 Å². The summed E-state index contributed by atoms with van der Waals surface area (Å²) in [6.45, 7) is 8.43. The Morgan fingerprint density at radius 2 is 1.73 bits per heavy atom. The standard InChI is InChI=1S/C24H32FN3O4S/c1-17-10-9-11-19(14-17)15-27(18(2)23(30)26-24(3,4)5)22(29)16-28(33(6,31)32)21-13-8-7-12-20(21)25/h7-14,18H,15-16H2,1-6H3,(H,26,30)/t18-/m0/s1. The van der Waals surface area contributed by atoms with Gasteiger partial charge in [-0.05, 0) is 52.3 Å². The summed E-state index contributed by atoms with van der Waals surface area (Å²) in [6, 6.07) is 11.9. The molecule has 0 radical (unpaired) electrons. The Kier molecular flexibility index (Phi) is 8.24. The molecule has 0 spiro atoms. The van der Waals surface area contributed by atoms with Crippen molar-refractivity contribution in [3.63, 3.8) is 0 Å². The number of anilines is 1. The van der Waals surface area contributed by atoms with Crippen molar-refractivity contribution in [3.8, 4) is 0 Å². The van der Waals surface area contributed by atoms with E-state index in [9.17, 15) is 22.4 Å². The van der Waals surface area contributed by atoms with Crippen LogP contribution in [-0.4, -0.2) is 49.5 Å². The lowest BCUT2D eigenvalue weighted by atomic mass is 10.1. The van der Waals surface area contributed by atoms with Crippen LogP contribution in [0.5, 0.6) is 0 Å². The maximum atomic E-state index is 14.4. The van der Waals surface area contributed by atoms with Crippen molar-refractivity contribution in [3.05, 3.63) is 65.5 Å². The number of sulfonamides is 1. The van der Waals surface area contributed by atoms with E-state index in [2.05, 4.69) is 5.32 Å². The number of hydrogen-bond acceptors (Lipinski definition) is 4. The molecule has 1 atom stereocenters. The highest BCUT2D eigenvalue weighted by atomic mass is 32.2. The first-order valence-electron chi connectivity index (χ1n) is 10.6. The molecule has 0 unspecified atom stereocenters.